The van der Waals surface area contributed by atoms with Gasteiger partial charge < -0.3 is 14.2 Å². The summed E-state index contributed by atoms with van der Waals surface area (Å²) in [7, 11) is -1.57. The predicted octanol–water partition coefficient (Wildman–Crippen LogP) is 1.48. The summed E-state index contributed by atoms with van der Waals surface area (Å²) in [4.78, 5) is 28.2. The lowest BCUT2D eigenvalue weighted by Gasteiger charge is -2.22. The predicted molar refractivity (Wildman–Crippen MR) is 98.0 cm³/mol. The molecule has 10 heteroatoms. The van der Waals surface area contributed by atoms with E-state index in [1.807, 2.05) is 0 Å². The van der Waals surface area contributed by atoms with Crippen molar-refractivity contribution in [3.63, 3.8) is 0 Å². The number of aliphatic imine (C=N–C) groups is 1. The molecule has 9 nitrogen and oxygen atoms in total. The van der Waals surface area contributed by atoms with Crippen LogP contribution in [0.15, 0.2) is 58.1 Å². The van der Waals surface area contributed by atoms with Crippen molar-refractivity contribution in [2.45, 2.75) is 6.10 Å². The van der Waals surface area contributed by atoms with Crippen LogP contribution in [0.2, 0.25) is 0 Å². The van der Waals surface area contributed by atoms with Crippen LogP contribution in [-0.4, -0.2) is 50.8 Å². The fraction of sp³-hybridized carbons (Fsp3) is 0.167. The molecule has 0 fully saturated rings. The topological polar surface area (TPSA) is 129 Å². The lowest BCUT2D eigenvalue weighted by Crippen LogP contribution is -2.32. The number of carbonyl (C=O) groups is 2. The molecule has 1 aromatic rings. The number of rotatable bonds is 5. The highest BCUT2D eigenvalue weighted by atomic mass is 32.2. The number of ether oxygens (including phenoxy) is 3. The molecule has 2 aliphatic rings. The van der Waals surface area contributed by atoms with Gasteiger partial charge in [0.25, 0.3) is 10.1 Å². The van der Waals surface area contributed by atoms with Gasteiger partial charge in [-0.25, -0.2) is 9.79 Å². The first-order chi connectivity index (χ1) is 13.2. The smallest absolute Gasteiger partial charge is 0.358 e. The number of benzene rings is 1. The molecule has 28 heavy (non-hydrogen) atoms. The first-order valence-electron chi connectivity index (χ1n) is 7.88. The van der Waals surface area contributed by atoms with Crippen LogP contribution in [0.25, 0.3) is 0 Å². The van der Waals surface area contributed by atoms with E-state index in [0.29, 0.717) is 11.5 Å². The van der Waals surface area contributed by atoms with E-state index in [4.69, 9.17) is 18.8 Å². The molecule has 0 aromatic heterocycles. The van der Waals surface area contributed by atoms with Gasteiger partial charge >= 0.3 is 5.97 Å². The highest BCUT2D eigenvalue weighted by molar-refractivity contribution is 7.90. The van der Waals surface area contributed by atoms with E-state index in [1.165, 1.54) is 32.4 Å². The zero-order chi connectivity index (χ0) is 20.5. The second kappa shape index (κ2) is 7.41. The average molecular weight is 405 g/mol. The van der Waals surface area contributed by atoms with Crippen molar-refractivity contribution in [3.05, 3.63) is 58.7 Å². The molecule has 0 saturated carbocycles. The van der Waals surface area contributed by atoms with E-state index in [9.17, 15) is 18.0 Å². The van der Waals surface area contributed by atoms with Crippen LogP contribution in [0.1, 0.15) is 10.4 Å². The van der Waals surface area contributed by atoms with Crippen molar-refractivity contribution in [1.29, 1.82) is 0 Å². The molecule has 1 atom stereocenters. The summed E-state index contributed by atoms with van der Waals surface area (Å²) in [6.07, 6.45) is 3.53. The van der Waals surface area contributed by atoms with E-state index < -0.39 is 32.9 Å². The minimum atomic E-state index is -4.45. The third kappa shape index (κ3) is 3.87. The van der Waals surface area contributed by atoms with Crippen LogP contribution in [0.3, 0.4) is 0 Å². The van der Waals surface area contributed by atoms with Gasteiger partial charge in [0.1, 0.15) is 0 Å². The molecule has 1 aliphatic carbocycles. The summed E-state index contributed by atoms with van der Waals surface area (Å²) in [5.74, 6) is -0.608. The molecule has 1 aromatic carbocycles. The maximum Gasteiger partial charge on any atom is 0.358 e. The minimum absolute atomic E-state index is 0.0705. The molecule has 1 aliphatic heterocycles. The maximum absolute atomic E-state index is 12.5. The van der Waals surface area contributed by atoms with E-state index >= 15 is 0 Å². The van der Waals surface area contributed by atoms with Gasteiger partial charge in [-0.05, 0) is 36.4 Å². The molecule has 0 saturated heterocycles. The fourth-order valence-corrected chi connectivity index (χ4v) is 3.08. The Morgan fingerprint density at radius 1 is 1.25 bits per heavy atom. The lowest BCUT2D eigenvalue weighted by atomic mass is 10.1. The number of hydrogen-bond acceptors (Lipinski definition) is 8. The lowest BCUT2D eigenvalue weighted by molar-refractivity contribution is -0.140. The normalized spacial score (nSPS) is 20.0. The highest BCUT2D eigenvalue weighted by Crippen LogP contribution is 2.28. The highest BCUT2D eigenvalue weighted by Gasteiger charge is 2.30. The van der Waals surface area contributed by atoms with Crippen LogP contribution < -0.4 is 9.47 Å². The first-order valence-corrected chi connectivity index (χ1v) is 9.32. The Kier molecular flexibility index (Phi) is 5.16. The molecule has 3 rings (SSSR count). The van der Waals surface area contributed by atoms with Gasteiger partial charge in [0.2, 0.25) is 0 Å². The van der Waals surface area contributed by atoms with E-state index in [0.717, 1.165) is 18.2 Å². The standard InChI is InChI=1S/C18H15NO8S/c1-25-16-5-3-10(7-17(16)26-2)14(20)9-13-18(21)27-15-6-4-11(28(22,23)24)8-12(15)19-13/h3-9,15H,1-2H3,(H,22,23,24)/b13-9+. The average Bonchev–Trinajstić information content (AvgIpc) is 2.66. The molecule has 0 bridgehead atoms. The maximum atomic E-state index is 12.5. The Balaban J connectivity index is 1.96. The van der Waals surface area contributed by atoms with Gasteiger partial charge in [0, 0.05) is 11.6 Å². The number of fused-ring (bicyclic) bond motifs is 1. The Morgan fingerprint density at radius 3 is 2.61 bits per heavy atom. The number of allylic oxidation sites excluding steroid dienone is 2. The summed E-state index contributed by atoms with van der Waals surface area (Å²) in [6, 6.07) is 4.48. The van der Waals surface area contributed by atoms with Crippen LogP contribution >= 0.6 is 0 Å². The third-order valence-corrected chi connectivity index (χ3v) is 4.79. The summed E-state index contributed by atoms with van der Waals surface area (Å²) in [5, 5.41) is 0. The van der Waals surface area contributed by atoms with Crippen molar-refractivity contribution in [2.24, 2.45) is 4.99 Å². The van der Waals surface area contributed by atoms with Gasteiger partial charge in [-0.1, -0.05) is 0 Å². The molecule has 146 valence electrons. The zero-order valence-electron chi connectivity index (χ0n) is 14.8. The summed E-state index contributed by atoms with van der Waals surface area (Å²) < 4.78 is 47.0. The number of esters is 1. The van der Waals surface area contributed by atoms with Gasteiger partial charge in [-0.15, -0.1) is 0 Å². The molecule has 0 spiro atoms. The second-order valence-electron chi connectivity index (χ2n) is 5.71. The monoisotopic (exact) mass is 405 g/mol. The quantitative estimate of drug-likeness (QED) is 0.338. The van der Waals surface area contributed by atoms with Gasteiger partial charge in [0.15, 0.2) is 29.1 Å². The number of methoxy groups -OCH3 is 2. The number of nitrogens with zero attached hydrogens (tertiary/aromatic N) is 1. The third-order valence-electron chi connectivity index (χ3n) is 3.94. The van der Waals surface area contributed by atoms with Crippen molar-refractivity contribution in [1.82, 2.24) is 0 Å². The summed E-state index contributed by atoms with van der Waals surface area (Å²) in [6.45, 7) is 0. The van der Waals surface area contributed by atoms with Crippen LogP contribution in [0.4, 0.5) is 0 Å². The molecule has 1 N–H and O–H groups in total. The van der Waals surface area contributed by atoms with Crippen molar-refractivity contribution >= 4 is 27.6 Å². The number of ketones is 1. The first kappa shape index (κ1) is 19.5. The molecule has 0 radical (unpaired) electrons. The fourth-order valence-electron chi connectivity index (χ4n) is 2.56. The van der Waals surface area contributed by atoms with Crippen molar-refractivity contribution in [3.8, 4) is 11.5 Å². The van der Waals surface area contributed by atoms with Gasteiger partial charge in [0.05, 0.1) is 24.8 Å². The Labute approximate surface area is 160 Å². The van der Waals surface area contributed by atoms with Gasteiger partial charge in [-0.2, -0.15) is 8.42 Å². The number of carbonyl (C=O) groups excluding carboxylic acids is 2. The van der Waals surface area contributed by atoms with E-state index in [1.54, 1.807) is 6.07 Å². The molecular weight excluding hydrogens is 390 g/mol. The largest absolute Gasteiger partial charge is 0.493 e. The molecule has 1 unspecified atom stereocenters. The Hall–Kier alpha value is -3.24. The van der Waals surface area contributed by atoms with E-state index in [2.05, 4.69) is 4.99 Å². The van der Waals surface area contributed by atoms with Crippen LogP contribution in [-0.2, 0) is 19.6 Å². The Morgan fingerprint density at radius 2 is 1.96 bits per heavy atom. The Bertz CT molecular complexity index is 1080. The van der Waals surface area contributed by atoms with Gasteiger partial charge in [-0.3, -0.25) is 9.35 Å². The SMILES string of the molecule is COc1ccc(C(=O)/C=C2/N=C3C=C(S(=O)(=O)O)C=CC3OC2=O)cc1OC. The summed E-state index contributed by atoms with van der Waals surface area (Å²) >= 11 is 0. The van der Waals surface area contributed by atoms with Crippen LogP contribution in [0, 0.1) is 0 Å². The minimum Gasteiger partial charge on any atom is -0.493 e. The zero-order valence-corrected chi connectivity index (χ0v) is 15.6. The molecular formula is C18H15NO8S. The molecule has 1 heterocycles. The van der Waals surface area contributed by atoms with Crippen molar-refractivity contribution < 1.29 is 36.8 Å². The molecule has 0 amide bonds. The number of hydrogen-bond donors (Lipinski definition) is 1. The van der Waals surface area contributed by atoms with E-state index in [-0.39, 0.29) is 17.0 Å². The van der Waals surface area contributed by atoms with Crippen LogP contribution in [0.5, 0.6) is 11.5 Å². The second-order valence-corrected chi connectivity index (χ2v) is 7.13. The summed E-state index contributed by atoms with van der Waals surface area (Å²) in [5.41, 5.74) is -0.00802. The van der Waals surface area contributed by atoms with Crippen molar-refractivity contribution in [2.75, 3.05) is 14.2 Å².